The van der Waals surface area contributed by atoms with Gasteiger partial charge in [0, 0.05) is 10.2 Å². The van der Waals surface area contributed by atoms with Gasteiger partial charge < -0.3 is 5.32 Å². The summed E-state index contributed by atoms with van der Waals surface area (Å²) < 4.78 is 8.90. The number of halogens is 2. The van der Waals surface area contributed by atoms with Crippen molar-refractivity contribution in [3.63, 3.8) is 0 Å². The lowest BCUT2D eigenvalue weighted by molar-refractivity contribution is 1.44. The minimum absolute atomic E-state index is 0.401. The predicted molar refractivity (Wildman–Crippen MR) is 62.3 cm³/mol. The SMILES string of the molecule is Clc1nsnc1Nc1ccc(Br)cc1. The van der Waals surface area contributed by atoms with Gasteiger partial charge in [0.1, 0.15) is 0 Å². The van der Waals surface area contributed by atoms with Crippen molar-refractivity contribution in [2.75, 3.05) is 5.32 Å². The van der Waals surface area contributed by atoms with Crippen molar-refractivity contribution < 1.29 is 0 Å². The fourth-order valence-electron chi connectivity index (χ4n) is 0.922. The van der Waals surface area contributed by atoms with Crippen molar-refractivity contribution in [1.82, 2.24) is 8.75 Å². The largest absolute Gasteiger partial charge is 0.337 e. The summed E-state index contributed by atoms with van der Waals surface area (Å²) >= 11 is 10.2. The summed E-state index contributed by atoms with van der Waals surface area (Å²) in [5, 5.41) is 3.46. The molecular formula is C8H5BrClN3S. The van der Waals surface area contributed by atoms with E-state index in [2.05, 4.69) is 30.0 Å². The van der Waals surface area contributed by atoms with E-state index in [9.17, 15) is 0 Å². The number of hydrogen-bond acceptors (Lipinski definition) is 4. The normalized spacial score (nSPS) is 10.1. The van der Waals surface area contributed by atoms with E-state index in [1.807, 2.05) is 24.3 Å². The molecule has 0 amide bonds. The molecule has 0 aliphatic rings. The molecule has 0 atom stereocenters. The maximum atomic E-state index is 5.79. The molecule has 14 heavy (non-hydrogen) atoms. The molecule has 1 heterocycles. The monoisotopic (exact) mass is 289 g/mol. The van der Waals surface area contributed by atoms with Gasteiger partial charge in [-0.2, -0.15) is 8.75 Å². The Balaban J connectivity index is 2.19. The Labute approximate surface area is 98.6 Å². The van der Waals surface area contributed by atoms with Gasteiger partial charge in [-0.1, -0.05) is 27.5 Å². The van der Waals surface area contributed by atoms with Crippen LogP contribution in [0.2, 0.25) is 5.15 Å². The van der Waals surface area contributed by atoms with E-state index in [4.69, 9.17) is 11.6 Å². The first-order valence-corrected chi connectivity index (χ1v) is 5.66. The van der Waals surface area contributed by atoms with E-state index < -0.39 is 0 Å². The van der Waals surface area contributed by atoms with Gasteiger partial charge in [0.05, 0.1) is 11.7 Å². The second-order valence-corrected chi connectivity index (χ2v) is 4.34. The molecule has 0 aliphatic carbocycles. The summed E-state index contributed by atoms with van der Waals surface area (Å²) in [5.41, 5.74) is 0.933. The van der Waals surface area contributed by atoms with Gasteiger partial charge in [0.25, 0.3) is 0 Å². The van der Waals surface area contributed by atoms with Crippen LogP contribution in [0.15, 0.2) is 28.7 Å². The quantitative estimate of drug-likeness (QED) is 0.916. The molecule has 0 bridgehead atoms. The molecule has 0 aliphatic heterocycles. The minimum atomic E-state index is 0.401. The first-order chi connectivity index (χ1) is 6.75. The summed E-state index contributed by atoms with van der Waals surface area (Å²) in [4.78, 5) is 0. The summed E-state index contributed by atoms with van der Waals surface area (Å²) in [7, 11) is 0. The predicted octanol–water partition coefficient (Wildman–Crippen LogP) is 3.70. The van der Waals surface area contributed by atoms with E-state index >= 15 is 0 Å². The Hall–Kier alpha value is -0.650. The molecular weight excluding hydrogens is 286 g/mol. The number of nitrogens with one attached hydrogen (secondary N) is 1. The fraction of sp³-hybridized carbons (Fsp3) is 0. The molecule has 2 aromatic rings. The van der Waals surface area contributed by atoms with E-state index in [0.29, 0.717) is 11.0 Å². The van der Waals surface area contributed by atoms with Crippen molar-refractivity contribution in [2.24, 2.45) is 0 Å². The smallest absolute Gasteiger partial charge is 0.187 e. The molecule has 1 aromatic carbocycles. The number of aromatic nitrogens is 2. The van der Waals surface area contributed by atoms with Crippen molar-refractivity contribution in [1.29, 1.82) is 0 Å². The van der Waals surface area contributed by atoms with Crippen LogP contribution in [0.1, 0.15) is 0 Å². The zero-order valence-electron chi connectivity index (χ0n) is 6.87. The maximum Gasteiger partial charge on any atom is 0.187 e. The highest BCUT2D eigenvalue weighted by molar-refractivity contribution is 9.10. The van der Waals surface area contributed by atoms with Gasteiger partial charge in [0.15, 0.2) is 11.0 Å². The average Bonchev–Trinajstić information content (AvgIpc) is 2.56. The van der Waals surface area contributed by atoms with Gasteiger partial charge in [0.2, 0.25) is 0 Å². The molecule has 2 rings (SSSR count). The van der Waals surface area contributed by atoms with Gasteiger partial charge >= 0.3 is 0 Å². The molecule has 0 saturated heterocycles. The van der Waals surface area contributed by atoms with Crippen LogP contribution in [-0.2, 0) is 0 Å². The summed E-state index contributed by atoms with van der Waals surface area (Å²) in [6.45, 7) is 0. The van der Waals surface area contributed by atoms with Crippen LogP contribution in [0.4, 0.5) is 11.5 Å². The summed E-state index contributed by atoms with van der Waals surface area (Å²) in [6.07, 6.45) is 0. The Morgan fingerprint density at radius 2 is 1.93 bits per heavy atom. The summed E-state index contributed by atoms with van der Waals surface area (Å²) in [5.74, 6) is 0.596. The van der Waals surface area contributed by atoms with E-state index in [1.54, 1.807) is 0 Å². The Kier molecular flexibility index (Phi) is 3.00. The number of benzene rings is 1. The summed E-state index contributed by atoms with van der Waals surface area (Å²) in [6, 6.07) is 7.74. The van der Waals surface area contributed by atoms with E-state index in [0.717, 1.165) is 21.9 Å². The van der Waals surface area contributed by atoms with Crippen molar-refractivity contribution in [3.05, 3.63) is 33.9 Å². The second-order valence-electron chi connectivity index (χ2n) is 2.54. The lowest BCUT2D eigenvalue weighted by Crippen LogP contribution is -1.90. The Morgan fingerprint density at radius 1 is 1.21 bits per heavy atom. The molecule has 0 radical (unpaired) electrons. The minimum Gasteiger partial charge on any atom is -0.337 e. The molecule has 0 spiro atoms. The highest BCUT2D eigenvalue weighted by Gasteiger charge is 2.04. The first-order valence-electron chi connectivity index (χ1n) is 3.76. The van der Waals surface area contributed by atoms with Crippen molar-refractivity contribution in [2.45, 2.75) is 0 Å². The van der Waals surface area contributed by atoms with Crippen LogP contribution in [0, 0.1) is 0 Å². The number of anilines is 2. The van der Waals surface area contributed by atoms with Crippen LogP contribution in [0.25, 0.3) is 0 Å². The third kappa shape index (κ3) is 2.23. The fourth-order valence-corrected chi connectivity index (χ4v) is 1.83. The highest BCUT2D eigenvalue weighted by atomic mass is 79.9. The maximum absolute atomic E-state index is 5.79. The van der Waals surface area contributed by atoms with Gasteiger partial charge in [-0.05, 0) is 24.3 Å². The average molecular weight is 291 g/mol. The highest BCUT2D eigenvalue weighted by Crippen LogP contribution is 2.23. The molecule has 1 aromatic heterocycles. The Bertz CT molecular complexity index is 428. The van der Waals surface area contributed by atoms with E-state index in [-0.39, 0.29) is 0 Å². The Morgan fingerprint density at radius 3 is 2.50 bits per heavy atom. The molecule has 72 valence electrons. The van der Waals surface area contributed by atoms with Crippen LogP contribution in [-0.4, -0.2) is 8.75 Å². The number of rotatable bonds is 2. The lowest BCUT2D eigenvalue weighted by atomic mass is 10.3. The molecule has 1 N–H and O–H groups in total. The van der Waals surface area contributed by atoms with Crippen molar-refractivity contribution >= 4 is 50.8 Å². The number of nitrogens with zero attached hydrogens (tertiary/aromatic N) is 2. The zero-order valence-corrected chi connectivity index (χ0v) is 10.0. The van der Waals surface area contributed by atoms with E-state index in [1.165, 1.54) is 0 Å². The van der Waals surface area contributed by atoms with Gasteiger partial charge in [-0.3, -0.25) is 0 Å². The third-order valence-corrected chi connectivity index (χ3v) is 2.98. The number of hydrogen-bond donors (Lipinski definition) is 1. The molecule has 6 heteroatoms. The van der Waals surface area contributed by atoms with Crippen LogP contribution < -0.4 is 5.32 Å². The molecule has 3 nitrogen and oxygen atoms in total. The van der Waals surface area contributed by atoms with Crippen LogP contribution in [0.5, 0.6) is 0 Å². The van der Waals surface area contributed by atoms with Gasteiger partial charge in [-0.25, -0.2) is 0 Å². The third-order valence-electron chi connectivity index (χ3n) is 1.56. The standard InChI is InChI=1S/C8H5BrClN3S/c9-5-1-3-6(4-2-5)11-8-7(10)12-14-13-8/h1-4H,(H,11,13). The molecule has 0 saturated carbocycles. The lowest BCUT2D eigenvalue weighted by Gasteiger charge is -2.01. The van der Waals surface area contributed by atoms with Crippen LogP contribution >= 0.6 is 39.3 Å². The zero-order chi connectivity index (χ0) is 9.97. The van der Waals surface area contributed by atoms with Crippen molar-refractivity contribution in [3.8, 4) is 0 Å². The first kappa shape index (κ1) is 9.89. The topological polar surface area (TPSA) is 37.8 Å². The molecule has 0 unspecified atom stereocenters. The van der Waals surface area contributed by atoms with Crippen LogP contribution in [0.3, 0.4) is 0 Å². The molecule has 0 fully saturated rings. The second kappa shape index (κ2) is 4.25. The van der Waals surface area contributed by atoms with Gasteiger partial charge in [-0.15, -0.1) is 0 Å².